The fourth-order valence-electron chi connectivity index (χ4n) is 2.14. The van der Waals surface area contributed by atoms with Crippen LogP contribution in [0.2, 0.25) is 0 Å². The Balaban J connectivity index is 2.26. The van der Waals surface area contributed by atoms with Gasteiger partial charge >= 0.3 is 0 Å². The van der Waals surface area contributed by atoms with Crippen molar-refractivity contribution in [2.45, 2.75) is 31.2 Å². The summed E-state index contributed by atoms with van der Waals surface area (Å²) < 4.78 is 27.3. The number of carbonyl (C=O) groups is 1. The maximum atomic E-state index is 12.4. The molecule has 1 amide bonds. The predicted molar refractivity (Wildman–Crippen MR) is 95.6 cm³/mol. The number of benzene rings is 2. The zero-order valence-electron chi connectivity index (χ0n) is 14.2. The van der Waals surface area contributed by atoms with Crippen molar-refractivity contribution in [1.29, 1.82) is 5.26 Å². The molecule has 7 heteroatoms. The monoisotopic (exact) mass is 357 g/mol. The Morgan fingerprint density at radius 1 is 1.08 bits per heavy atom. The van der Waals surface area contributed by atoms with Crippen LogP contribution in [-0.4, -0.2) is 19.9 Å². The molecule has 130 valence electrons. The lowest BCUT2D eigenvalue weighted by Crippen LogP contribution is -2.40. The van der Waals surface area contributed by atoms with E-state index in [1.54, 1.807) is 45.0 Å². The van der Waals surface area contributed by atoms with E-state index in [2.05, 4.69) is 10.0 Å². The Morgan fingerprint density at radius 2 is 1.76 bits per heavy atom. The van der Waals surface area contributed by atoms with Crippen molar-refractivity contribution < 1.29 is 13.2 Å². The van der Waals surface area contributed by atoms with Crippen LogP contribution in [-0.2, 0) is 10.0 Å². The summed E-state index contributed by atoms with van der Waals surface area (Å²) in [5, 5.41) is 11.6. The molecule has 0 atom stereocenters. The van der Waals surface area contributed by atoms with Gasteiger partial charge in [-0.1, -0.05) is 12.1 Å². The fourth-order valence-corrected chi connectivity index (χ4v) is 3.60. The number of anilines is 1. The summed E-state index contributed by atoms with van der Waals surface area (Å²) in [5.41, 5.74) is 0.460. The van der Waals surface area contributed by atoms with Crippen LogP contribution < -0.4 is 10.0 Å². The molecule has 6 nitrogen and oxygen atoms in total. The summed E-state index contributed by atoms with van der Waals surface area (Å²) in [4.78, 5) is 12.4. The van der Waals surface area contributed by atoms with Gasteiger partial charge < -0.3 is 5.32 Å². The number of hydrogen-bond donors (Lipinski definition) is 2. The molecule has 0 heterocycles. The van der Waals surface area contributed by atoms with Gasteiger partial charge in [0.15, 0.2) is 0 Å². The summed E-state index contributed by atoms with van der Waals surface area (Å²) in [6, 6.07) is 14.3. The quantitative estimate of drug-likeness (QED) is 0.879. The van der Waals surface area contributed by atoms with E-state index in [1.807, 2.05) is 6.07 Å². The van der Waals surface area contributed by atoms with Crippen molar-refractivity contribution in [3.63, 3.8) is 0 Å². The lowest BCUT2D eigenvalue weighted by atomic mass is 10.1. The summed E-state index contributed by atoms with van der Waals surface area (Å²) in [5.74, 6) is -0.456. The van der Waals surface area contributed by atoms with Crippen molar-refractivity contribution >= 4 is 21.6 Å². The van der Waals surface area contributed by atoms with Crippen molar-refractivity contribution in [2.24, 2.45) is 0 Å². The molecule has 0 bridgehead atoms. The fraction of sp³-hybridized carbons (Fsp3) is 0.222. The van der Waals surface area contributed by atoms with Crippen LogP contribution in [0.3, 0.4) is 0 Å². The first-order chi connectivity index (χ1) is 11.6. The van der Waals surface area contributed by atoms with Gasteiger partial charge in [-0.05, 0) is 57.2 Å². The van der Waals surface area contributed by atoms with Gasteiger partial charge in [0.1, 0.15) is 0 Å². The zero-order chi connectivity index (χ0) is 18.7. The van der Waals surface area contributed by atoms with Crippen molar-refractivity contribution in [3.05, 3.63) is 59.7 Å². The number of carbonyl (C=O) groups excluding carboxylic acids is 1. The normalized spacial score (nSPS) is 11.6. The van der Waals surface area contributed by atoms with Gasteiger partial charge in [0.05, 0.1) is 16.5 Å². The summed E-state index contributed by atoms with van der Waals surface area (Å²) >= 11 is 0. The molecule has 2 aromatic rings. The second-order valence-electron chi connectivity index (χ2n) is 6.53. The highest BCUT2D eigenvalue weighted by molar-refractivity contribution is 7.89. The molecule has 0 aliphatic rings. The molecule has 0 fully saturated rings. The number of nitrogens with zero attached hydrogens (tertiary/aromatic N) is 1. The van der Waals surface area contributed by atoms with Crippen LogP contribution in [0.4, 0.5) is 5.69 Å². The van der Waals surface area contributed by atoms with Gasteiger partial charge in [-0.3, -0.25) is 4.79 Å². The van der Waals surface area contributed by atoms with Gasteiger partial charge in [-0.15, -0.1) is 0 Å². The average molecular weight is 357 g/mol. The molecule has 2 N–H and O–H groups in total. The van der Waals surface area contributed by atoms with Crippen LogP contribution in [0.25, 0.3) is 0 Å². The minimum absolute atomic E-state index is 0.0147. The van der Waals surface area contributed by atoms with Gasteiger partial charge in [-0.25, -0.2) is 13.1 Å². The lowest BCUT2D eigenvalue weighted by molar-refractivity contribution is 0.102. The zero-order valence-corrected chi connectivity index (χ0v) is 15.0. The molecule has 0 saturated carbocycles. The molecule has 0 aromatic heterocycles. The topological polar surface area (TPSA) is 99.1 Å². The van der Waals surface area contributed by atoms with E-state index < -0.39 is 21.5 Å². The van der Waals surface area contributed by atoms with Crippen LogP contribution in [0.5, 0.6) is 0 Å². The first-order valence-electron chi connectivity index (χ1n) is 7.56. The van der Waals surface area contributed by atoms with E-state index in [0.717, 1.165) is 0 Å². The van der Waals surface area contributed by atoms with E-state index in [-0.39, 0.29) is 10.5 Å². The predicted octanol–water partition coefficient (Wildman–Crippen LogP) is 2.89. The number of amides is 1. The van der Waals surface area contributed by atoms with Crippen LogP contribution in [0.1, 0.15) is 36.7 Å². The Hall–Kier alpha value is -2.69. The summed E-state index contributed by atoms with van der Waals surface area (Å²) in [7, 11) is -3.73. The maximum Gasteiger partial charge on any atom is 0.255 e. The Bertz CT molecular complexity index is 939. The van der Waals surface area contributed by atoms with Crippen molar-refractivity contribution in [1.82, 2.24) is 4.72 Å². The maximum absolute atomic E-state index is 12.4. The highest BCUT2D eigenvalue weighted by Gasteiger charge is 2.22. The van der Waals surface area contributed by atoms with Gasteiger partial charge in [0, 0.05) is 16.8 Å². The Labute approximate surface area is 147 Å². The molecule has 0 unspecified atom stereocenters. The smallest absolute Gasteiger partial charge is 0.255 e. The Morgan fingerprint density at radius 3 is 2.40 bits per heavy atom. The number of hydrogen-bond acceptors (Lipinski definition) is 4. The van der Waals surface area contributed by atoms with E-state index in [9.17, 15) is 13.2 Å². The van der Waals surface area contributed by atoms with Gasteiger partial charge in [0.2, 0.25) is 10.0 Å². The number of rotatable bonds is 4. The van der Waals surface area contributed by atoms with E-state index >= 15 is 0 Å². The highest BCUT2D eigenvalue weighted by Crippen LogP contribution is 2.16. The minimum atomic E-state index is -3.73. The minimum Gasteiger partial charge on any atom is -0.322 e. The molecule has 0 aliphatic heterocycles. The highest BCUT2D eigenvalue weighted by atomic mass is 32.2. The number of nitrogens with one attached hydrogen (secondary N) is 2. The second-order valence-corrected chi connectivity index (χ2v) is 8.21. The standard InChI is InChI=1S/C18H19N3O3S/c1-18(2,3)21-25(23,24)16-9-5-7-14(11-16)17(22)20-15-8-4-6-13(10-15)12-19/h4-11,21H,1-3H3,(H,20,22). The Kier molecular flexibility index (Phi) is 5.26. The van der Waals surface area contributed by atoms with Crippen LogP contribution in [0, 0.1) is 11.3 Å². The van der Waals surface area contributed by atoms with E-state index in [4.69, 9.17) is 5.26 Å². The summed E-state index contributed by atoms with van der Waals surface area (Å²) in [6.07, 6.45) is 0. The summed E-state index contributed by atoms with van der Waals surface area (Å²) in [6.45, 7) is 5.22. The average Bonchev–Trinajstić information content (AvgIpc) is 2.53. The molecule has 0 aliphatic carbocycles. The molecule has 25 heavy (non-hydrogen) atoms. The molecule has 0 radical (unpaired) electrons. The van der Waals surface area contributed by atoms with E-state index in [1.165, 1.54) is 24.3 Å². The van der Waals surface area contributed by atoms with E-state index in [0.29, 0.717) is 11.3 Å². The first-order valence-corrected chi connectivity index (χ1v) is 9.05. The third-order valence-electron chi connectivity index (χ3n) is 3.10. The van der Waals surface area contributed by atoms with Crippen LogP contribution in [0.15, 0.2) is 53.4 Å². The van der Waals surface area contributed by atoms with Gasteiger partial charge in [-0.2, -0.15) is 5.26 Å². The SMILES string of the molecule is CC(C)(C)NS(=O)(=O)c1cccc(C(=O)Nc2cccc(C#N)c2)c1. The van der Waals surface area contributed by atoms with Crippen molar-refractivity contribution in [2.75, 3.05) is 5.32 Å². The molecular weight excluding hydrogens is 338 g/mol. The van der Waals surface area contributed by atoms with Crippen LogP contribution >= 0.6 is 0 Å². The lowest BCUT2D eigenvalue weighted by Gasteiger charge is -2.20. The largest absolute Gasteiger partial charge is 0.322 e. The molecular formula is C18H19N3O3S. The molecule has 0 spiro atoms. The molecule has 0 saturated heterocycles. The first kappa shape index (κ1) is 18.6. The van der Waals surface area contributed by atoms with Gasteiger partial charge in [0.25, 0.3) is 5.91 Å². The third-order valence-corrected chi connectivity index (χ3v) is 4.85. The molecule has 2 rings (SSSR count). The third kappa shape index (κ3) is 5.14. The molecule has 2 aromatic carbocycles. The number of sulfonamides is 1. The van der Waals surface area contributed by atoms with Crippen molar-refractivity contribution in [3.8, 4) is 6.07 Å². The number of nitriles is 1. The second kappa shape index (κ2) is 7.05.